The van der Waals surface area contributed by atoms with Crippen LogP contribution < -0.4 is 10.0 Å². The summed E-state index contributed by atoms with van der Waals surface area (Å²) >= 11 is 0. The van der Waals surface area contributed by atoms with E-state index in [0.29, 0.717) is 18.6 Å². The van der Waals surface area contributed by atoms with E-state index in [1.807, 2.05) is 11.6 Å². The van der Waals surface area contributed by atoms with Gasteiger partial charge in [0.15, 0.2) is 5.82 Å². The Kier molecular flexibility index (Phi) is 5.17. The first-order valence-corrected chi connectivity index (χ1v) is 9.89. The van der Waals surface area contributed by atoms with Gasteiger partial charge in [0, 0.05) is 12.6 Å². The number of benzene rings is 1. The van der Waals surface area contributed by atoms with Gasteiger partial charge in [0.1, 0.15) is 11.8 Å². The topological polar surface area (TPSA) is 122 Å². The van der Waals surface area contributed by atoms with Crippen LogP contribution in [0, 0.1) is 13.8 Å². The average Bonchev–Trinajstić information content (AvgIpc) is 3.24. The maximum absolute atomic E-state index is 12.5. The van der Waals surface area contributed by atoms with Crippen LogP contribution in [0.5, 0.6) is 0 Å². The van der Waals surface area contributed by atoms with E-state index >= 15 is 0 Å². The number of aromatic nitrogens is 1. The molecule has 10 heteroatoms. The van der Waals surface area contributed by atoms with Crippen LogP contribution in [0.3, 0.4) is 0 Å². The highest BCUT2D eigenvalue weighted by Crippen LogP contribution is 2.20. The highest BCUT2D eigenvalue weighted by molar-refractivity contribution is 7.90. The number of amides is 3. The van der Waals surface area contributed by atoms with Crippen LogP contribution in [-0.2, 0) is 14.8 Å². The number of hydrogen-bond acceptors (Lipinski definition) is 6. The van der Waals surface area contributed by atoms with Crippen molar-refractivity contribution in [1.29, 1.82) is 0 Å². The molecule has 144 valence electrons. The van der Waals surface area contributed by atoms with Crippen molar-refractivity contribution < 1.29 is 22.5 Å². The number of anilines is 1. The number of carbonyl (C=O) groups excluding carboxylic acids is 2. The Balaban J connectivity index is 1.69. The predicted molar refractivity (Wildman–Crippen MR) is 96.5 cm³/mol. The Morgan fingerprint density at radius 1 is 1.22 bits per heavy atom. The van der Waals surface area contributed by atoms with Gasteiger partial charge in [-0.15, -0.1) is 0 Å². The molecule has 2 N–H and O–H groups in total. The number of aryl methyl sites for hydroxylation is 2. The van der Waals surface area contributed by atoms with Gasteiger partial charge in [0.2, 0.25) is 5.91 Å². The second-order valence-electron chi connectivity index (χ2n) is 6.39. The van der Waals surface area contributed by atoms with E-state index in [1.165, 1.54) is 17.0 Å². The molecular formula is C17H20N4O5S. The Morgan fingerprint density at radius 2 is 1.93 bits per heavy atom. The lowest BCUT2D eigenvalue weighted by molar-refractivity contribution is -0.119. The molecule has 0 aliphatic carbocycles. The summed E-state index contributed by atoms with van der Waals surface area (Å²) in [6.07, 6.45) is 1.02. The third-order valence-corrected chi connectivity index (χ3v) is 5.58. The van der Waals surface area contributed by atoms with Gasteiger partial charge in [0.25, 0.3) is 10.0 Å². The molecule has 0 spiro atoms. The van der Waals surface area contributed by atoms with E-state index in [4.69, 9.17) is 4.52 Å². The monoisotopic (exact) mass is 392 g/mol. The average molecular weight is 392 g/mol. The molecule has 0 radical (unpaired) electrons. The molecule has 3 rings (SSSR count). The van der Waals surface area contributed by atoms with Crippen molar-refractivity contribution in [2.45, 2.75) is 37.6 Å². The highest BCUT2D eigenvalue weighted by Gasteiger charge is 2.36. The second-order valence-corrected chi connectivity index (χ2v) is 8.07. The molecule has 1 fully saturated rings. The van der Waals surface area contributed by atoms with E-state index in [9.17, 15) is 18.0 Å². The molecule has 3 amide bonds. The molecule has 0 bridgehead atoms. The lowest BCUT2D eigenvalue weighted by Gasteiger charge is -2.23. The Hall–Kier alpha value is -2.88. The molecule has 1 aromatic heterocycles. The molecule has 1 aliphatic heterocycles. The van der Waals surface area contributed by atoms with Gasteiger partial charge in [-0.2, -0.15) is 0 Å². The molecule has 2 heterocycles. The van der Waals surface area contributed by atoms with Crippen LogP contribution in [-0.4, -0.2) is 43.0 Å². The van der Waals surface area contributed by atoms with Gasteiger partial charge < -0.3 is 14.7 Å². The molecule has 1 saturated heterocycles. The Labute approximate surface area is 156 Å². The van der Waals surface area contributed by atoms with Gasteiger partial charge >= 0.3 is 6.03 Å². The second kappa shape index (κ2) is 7.39. The maximum atomic E-state index is 12.5. The fourth-order valence-corrected chi connectivity index (χ4v) is 3.83. The first-order valence-electron chi connectivity index (χ1n) is 8.40. The number of sulfonamides is 1. The van der Waals surface area contributed by atoms with Crippen LogP contribution in [0.2, 0.25) is 0 Å². The van der Waals surface area contributed by atoms with E-state index in [-0.39, 0.29) is 17.3 Å². The zero-order valence-electron chi connectivity index (χ0n) is 14.9. The van der Waals surface area contributed by atoms with Gasteiger partial charge in [-0.1, -0.05) is 22.9 Å². The number of likely N-dealkylation sites (tertiary alicyclic amines) is 1. The first-order chi connectivity index (χ1) is 12.8. The third-order valence-electron chi connectivity index (χ3n) is 4.25. The largest absolute Gasteiger partial charge is 0.360 e. The Morgan fingerprint density at radius 3 is 2.56 bits per heavy atom. The van der Waals surface area contributed by atoms with E-state index in [0.717, 1.165) is 5.56 Å². The molecule has 27 heavy (non-hydrogen) atoms. The zero-order chi connectivity index (χ0) is 19.6. The van der Waals surface area contributed by atoms with Gasteiger partial charge in [0.05, 0.1) is 4.90 Å². The molecule has 1 atom stereocenters. The van der Waals surface area contributed by atoms with Crippen molar-refractivity contribution >= 4 is 27.8 Å². The fourth-order valence-electron chi connectivity index (χ4n) is 2.87. The summed E-state index contributed by atoms with van der Waals surface area (Å²) in [4.78, 5) is 26.1. The van der Waals surface area contributed by atoms with Gasteiger partial charge in [-0.3, -0.25) is 4.79 Å². The lowest BCUT2D eigenvalue weighted by Crippen LogP contribution is -2.49. The minimum absolute atomic E-state index is 0.0141. The summed E-state index contributed by atoms with van der Waals surface area (Å²) in [5.74, 6) is 0.344. The van der Waals surface area contributed by atoms with Crippen LogP contribution >= 0.6 is 0 Å². The normalized spacial score (nSPS) is 17.0. The third kappa shape index (κ3) is 4.27. The van der Waals surface area contributed by atoms with Crippen LogP contribution in [0.15, 0.2) is 39.8 Å². The van der Waals surface area contributed by atoms with Gasteiger partial charge in [-0.25, -0.2) is 17.9 Å². The molecule has 9 nitrogen and oxygen atoms in total. The van der Waals surface area contributed by atoms with Crippen molar-refractivity contribution in [3.63, 3.8) is 0 Å². The number of nitrogens with one attached hydrogen (secondary N) is 2. The van der Waals surface area contributed by atoms with Crippen molar-refractivity contribution in [1.82, 2.24) is 14.8 Å². The zero-order valence-corrected chi connectivity index (χ0v) is 15.7. The van der Waals surface area contributed by atoms with E-state index in [2.05, 4.69) is 10.5 Å². The molecular weight excluding hydrogens is 372 g/mol. The molecule has 2 aromatic rings. The summed E-state index contributed by atoms with van der Waals surface area (Å²) < 4.78 is 31.7. The molecule has 1 aromatic carbocycles. The van der Waals surface area contributed by atoms with E-state index < -0.39 is 28.0 Å². The Bertz CT molecular complexity index is 952. The number of nitrogens with zero attached hydrogens (tertiary/aromatic N) is 2. The lowest BCUT2D eigenvalue weighted by atomic mass is 10.2. The summed E-state index contributed by atoms with van der Waals surface area (Å²) in [7, 11) is -4.02. The van der Waals surface area contributed by atoms with E-state index in [1.54, 1.807) is 25.1 Å². The van der Waals surface area contributed by atoms with Gasteiger partial charge in [-0.05, 0) is 38.8 Å². The number of carbonyl (C=O) groups is 2. The predicted octanol–water partition coefficient (Wildman–Crippen LogP) is 1.79. The number of urea groups is 1. The maximum Gasteiger partial charge on any atom is 0.331 e. The van der Waals surface area contributed by atoms with Crippen molar-refractivity contribution in [2.75, 3.05) is 11.9 Å². The summed E-state index contributed by atoms with van der Waals surface area (Å²) in [6, 6.07) is 6.08. The summed E-state index contributed by atoms with van der Waals surface area (Å²) in [6.45, 7) is 3.80. The quantitative estimate of drug-likeness (QED) is 0.818. The summed E-state index contributed by atoms with van der Waals surface area (Å²) in [5, 5.41) is 6.26. The number of hydrogen-bond donors (Lipinski definition) is 2. The first kappa shape index (κ1) is 18.9. The minimum Gasteiger partial charge on any atom is -0.360 e. The van der Waals surface area contributed by atoms with Crippen molar-refractivity contribution in [3.05, 3.63) is 41.7 Å². The van der Waals surface area contributed by atoms with Crippen molar-refractivity contribution in [3.8, 4) is 0 Å². The molecule has 0 unspecified atom stereocenters. The highest BCUT2D eigenvalue weighted by atomic mass is 32.2. The van der Waals surface area contributed by atoms with Crippen molar-refractivity contribution in [2.24, 2.45) is 0 Å². The number of rotatable bonds is 4. The van der Waals surface area contributed by atoms with Crippen LogP contribution in [0.25, 0.3) is 0 Å². The smallest absolute Gasteiger partial charge is 0.331 e. The summed E-state index contributed by atoms with van der Waals surface area (Å²) in [5.41, 5.74) is 0.902. The standard InChI is InChI=1S/C17H20N4O5S/c1-11-5-7-13(8-6-11)27(24,25)20-17(23)21-9-3-4-14(21)16(22)18-15-10-12(2)26-19-15/h5-8,10,14H,3-4,9H2,1-2H3,(H,20,23)(H,18,19,22)/t14-/m1/s1. The van der Waals surface area contributed by atoms with Crippen LogP contribution in [0.4, 0.5) is 10.6 Å². The fraction of sp³-hybridized carbons (Fsp3) is 0.353. The molecule has 1 aliphatic rings. The molecule has 0 saturated carbocycles. The minimum atomic E-state index is -4.02. The van der Waals surface area contributed by atoms with Crippen LogP contribution in [0.1, 0.15) is 24.2 Å². The SMILES string of the molecule is Cc1ccc(S(=O)(=O)NC(=O)N2CCC[C@@H]2C(=O)Nc2cc(C)on2)cc1.